The third kappa shape index (κ3) is 2.89. The molecule has 0 spiro atoms. The zero-order valence-electron chi connectivity index (χ0n) is 12.4. The van der Waals surface area contributed by atoms with E-state index in [1.807, 2.05) is 6.07 Å². The normalized spacial score (nSPS) is 13.0. The predicted octanol–water partition coefficient (Wildman–Crippen LogP) is 1.63. The van der Waals surface area contributed by atoms with E-state index in [0.29, 0.717) is 16.8 Å². The van der Waals surface area contributed by atoms with Gasteiger partial charge in [-0.05, 0) is 30.3 Å². The number of nitrogens with zero attached hydrogens (tertiary/aromatic N) is 2. The minimum absolute atomic E-state index is 0.289. The second-order valence-electron chi connectivity index (χ2n) is 5.06. The Morgan fingerprint density at radius 2 is 1.91 bits per heavy atom. The Bertz CT molecular complexity index is 789. The van der Waals surface area contributed by atoms with Crippen LogP contribution < -0.4 is 10.6 Å². The number of imide groups is 1. The van der Waals surface area contributed by atoms with Crippen LogP contribution in [0.15, 0.2) is 42.6 Å². The molecule has 0 aliphatic carbocycles. The average molecular weight is 310 g/mol. The van der Waals surface area contributed by atoms with Crippen LogP contribution >= 0.6 is 0 Å². The van der Waals surface area contributed by atoms with Crippen molar-refractivity contribution < 1.29 is 14.4 Å². The maximum atomic E-state index is 11.9. The van der Waals surface area contributed by atoms with Crippen molar-refractivity contribution in [3.05, 3.63) is 59.4 Å². The third-order valence-corrected chi connectivity index (χ3v) is 3.50. The van der Waals surface area contributed by atoms with Crippen molar-refractivity contribution in [2.24, 2.45) is 0 Å². The molecule has 4 amide bonds. The molecule has 1 aliphatic rings. The Hall–Kier alpha value is -3.22. The van der Waals surface area contributed by atoms with Crippen LogP contribution in [0.4, 0.5) is 10.5 Å². The van der Waals surface area contributed by atoms with Crippen molar-refractivity contribution in [3.63, 3.8) is 0 Å². The molecule has 0 fully saturated rings. The van der Waals surface area contributed by atoms with Crippen molar-refractivity contribution in [1.29, 1.82) is 0 Å². The van der Waals surface area contributed by atoms with E-state index in [2.05, 4.69) is 15.6 Å². The van der Waals surface area contributed by atoms with Crippen molar-refractivity contribution >= 4 is 23.5 Å². The number of amides is 4. The Kier molecular flexibility index (Phi) is 3.76. The van der Waals surface area contributed by atoms with E-state index in [0.717, 1.165) is 10.6 Å². The molecule has 0 unspecified atom stereocenters. The number of carbonyl (C=O) groups excluding carboxylic acids is 3. The number of anilines is 1. The molecule has 2 N–H and O–H groups in total. The lowest BCUT2D eigenvalue weighted by molar-refractivity contribution is 0.0693. The van der Waals surface area contributed by atoms with E-state index in [-0.39, 0.29) is 18.4 Å². The smallest absolute Gasteiger partial charge is 0.319 e. The first-order valence-corrected chi connectivity index (χ1v) is 6.97. The number of carbonyl (C=O) groups is 3. The molecule has 3 rings (SSSR count). The van der Waals surface area contributed by atoms with Gasteiger partial charge in [-0.2, -0.15) is 0 Å². The molecule has 7 heteroatoms. The van der Waals surface area contributed by atoms with Crippen LogP contribution in [-0.4, -0.2) is 34.8 Å². The number of hydrogen-bond acceptors (Lipinski definition) is 4. The lowest BCUT2D eigenvalue weighted by atomic mass is 10.1. The topological polar surface area (TPSA) is 91.4 Å². The van der Waals surface area contributed by atoms with E-state index < -0.39 is 6.03 Å². The number of nitrogens with one attached hydrogen (secondary N) is 2. The van der Waals surface area contributed by atoms with Gasteiger partial charge in [-0.25, -0.2) is 4.79 Å². The first-order chi connectivity index (χ1) is 11.1. The van der Waals surface area contributed by atoms with Crippen LogP contribution in [-0.2, 0) is 6.54 Å². The first-order valence-electron chi connectivity index (χ1n) is 6.97. The van der Waals surface area contributed by atoms with Crippen LogP contribution in [0.3, 0.4) is 0 Å². The monoisotopic (exact) mass is 310 g/mol. The largest absolute Gasteiger partial charge is 0.332 e. The van der Waals surface area contributed by atoms with Gasteiger partial charge in [-0.15, -0.1) is 0 Å². The van der Waals surface area contributed by atoms with E-state index in [1.54, 1.807) is 24.4 Å². The summed E-state index contributed by atoms with van der Waals surface area (Å²) >= 11 is 0. The summed E-state index contributed by atoms with van der Waals surface area (Å²) in [6.45, 7) is 0.289. The highest BCUT2D eigenvalue weighted by molar-refractivity contribution is 6.21. The van der Waals surface area contributed by atoms with Crippen LogP contribution in [0.5, 0.6) is 0 Å². The minimum atomic E-state index is -0.416. The van der Waals surface area contributed by atoms with Crippen molar-refractivity contribution in [3.8, 4) is 0 Å². The maximum Gasteiger partial charge on any atom is 0.319 e. The number of fused-ring (bicyclic) bond motifs is 1. The molecule has 0 radical (unpaired) electrons. The molecule has 0 bridgehead atoms. The molecular weight excluding hydrogens is 296 g/mol. The lowest BCUT2D eigenvalue weighted by Crippen LogP contribution is -2.28. The molecule has 1 aromatic carbocycles. The summed E-state index contributed by atoms with van der Waals surface area (Å²) in [7, 11) is 1.43. The standard InChI is InChI=1S/C16H14N4O3/c1-20-14(21)12-6-5-10(8-13(12)15(20)22)19-16(23)18-9-11-4-2-3-7-17-11/h2-8H,9H2,1H3,(H2,18,19,23). The Morgan fingerprint density at radius 1 is 1.13 bits per heavy atom. The van der Waals surface area contributed by atoms with Gasteiger partial charge in [-0.1, -0.05) is 6.07 Å². The summed E-state index contributed by atoms with van der Waals surface area (Å²) in [5.74, 6) is -0.710. The van der Waals surface area contributed by atoms with Gasteiger partial charge in [0, 0.05) is 18.9 Å². The van der Waals surface area contributed by atoms with Gasteiger partial charge in [0.2, 0.25) is 0 Å². The fraction of sp³-hybridized carbons (Fsp3) is 0.125. The second-order valence-corrected chi connectivity index (χ2v) is 5.06. The quantitative estimate of drug-likeness (QED) is 0.843. The van der Waals surface area contributed by atoms with Gasteiger partial charge in [-0.3, -0.25) is 19.5 Å². The summed E-state index contributed by atoms with van der Waals surface area (Å²) in [6.07, 6.45) is 1.65. The molecule has 0 saturated heterocycles. The summed E-state index contributed by atoms with van der Waals surface area (Å²) in [5.41, 5.74) is 1.81. The fourth-order valence-electron chi connectivity index (χ4n) is 2.29. The predicted molar refractivity (Wildman–Crippen MR) is 83.0 cm³/mol. The van der Waals surface area contributed by atoms with Gasteiger partial charge in [0.1, 0.15) is 0 Å². The number of aromatic nitrogens is 1. The van der Waals surface area contributed by atoms with Crippen LogP contribution in [0, 0.1) is 0 Å². The summed E-state index contributed by atoms with van der Waals surface area (Å²) < 4.78 is 0. The van der Waals surface area contributed by atoms with Gasteiger partial charge < -0.3 is 10.6 Å². The average Bonchev–Trinajstić information content (AvgIpc) is 2.78. The second kappa shape index (κ2) is 5.88. The van der Waals surface area contributed by atoms with Gasteiger partial charge in [0.15, 0.2) is 0 Å². The zero-order valence-corrected chi connectivity index (χ0v) is 12.4. The van der Waals surface area contributed by atoms with Crippen molar-refractivity contribution in [2.45, 2.75) is 6.54 Å². The molecule has 1 aromatic heterocycles. The van der Waals surface area contributed by atoms with Crippen LogP contribution in [0.2, 0.25) is 0 Å². The Balaban J connectivity index is 1.66. The highest BCUT2D eigenvalue weighted by Crippen LogP contribution is 2.24. The van der Waals surface area contributed by atoms with E-state index in [9.17, 15) is 14.4 Å². The molecule has 2 aromatic rings. The SMILES string of the molecule is CN1C(=O)c2ccc(NC(=O)NCc3ccccn3)cc2C1=O. The number of pyridine rings is 1. The fourth-order valence-corrected chi connectivity index (χ4v) is 2.29. The molecule has 2 heterocycles. The van der Waals surface area contributed by atoms with E-state index in [1.165, 1.54) is 19.2 Å². The Morgan fingerprint density at radius 3 is 2.65 bits per heavy atom. The van der Waals surface area contributed by atoms with Crippen LogP contribution in [0.1, 0.15) is 26.4 Å². The first kappa shape index (κ1) is 14.7. The Labute approximate surface area is 132 Å². The molecule has 116 valence electrons. The van der Waals surface area contributed by atoms with Gasteiger partial charge in [0.25, 0.3) is 11.8 Å². The summed E-state index contributed by atoms with van der Waals surface area (Å²) in [6, 6.07) is 9.64. The number of urea groups is 1. The molecular formula is C16H14N4O3. The van der Waals surface area contributed by atoms with Crippen molar-refractivity contribution in [1.82, 2.24) is 15.2 Å². The summed E-state index contributed by atoms with van der Waals surface area (Å²) in [5, 5.41) is 5.30. The molecule has 23 heavy (non-hydrogen) atoms. The lowest BCUT2D eigenvalue weighted by Gasteiger charge is -2.08. The molecule has 7 nitrogen and oxygen atoms in total. The van der Waals surface area contributed by atoms with Gasteiger partial charge >= 0.3 is 6.03 Å². The summed E-state index contributed by atoms with van der Waals surface area (Å²) in [4.78, 5) is 40.8. The molecule has 0 saturated carbocycles. The van der Waals surface area contributed by atoms with Crippen LogP contribution in [0.25, 0.3) is 0 Å². The highest BCUT2D eigenvalue weighted by atomic mass is 16.2. The highest BCUT2D eigenvalue weighted by Gasteiger charge is 2.32. The molecule has 1 aliphatic heterocycles. The zero-order chi connectivity index (χ0) is 16.4. The number of rotatable bonds is 3. The third-order valence-electron chi connectivity index (χ3n) is 3.50. The minimum Gasteiger partial charge on any atom is -0.332 e. The maximum absolute atomic E-state index is 11.9. The number of hydrogen-bond donors (Lipinski definition) is 2. The van der Waals surface area contributed by atoms with E-state index in [4.69, 9.17) is 0 Å². The van der Waals surface area contributed by atoms with Crippen molar-refractivity contribution in [2.75, 3.05) is 12.4 Å². The molecule has 0 atom stereocenters. The van der Waals surface area contributed by atoms with E-state index >= 15 is 0 Å². The number of benzene rings is 1. The van der Waals surface area contributed by atoms with Gasteiger partial charge in [0.05, 0.1) is 23.4 Å².